The van der Waals surface area contributed by atoms with Crippen LogP contribution in [0.5, 0.6) is 0 Å². The largest absolute Gasteiger partial charge is 0.394 e. The predicted molar refractivity (Wildman–Crippen MR) is 70.1 cm³/mol. The number of aliphatic hydroxyl groups is 1. The van der Waals surface area contributed by atoms with E-state index in [1.54, 1.807) is 6.92 Å². The Bertz CT molecular complexity index is 548. The van der Waals surface area contributed by atoms with Gasteiger partial charge < -0.3 is 9.84 Å². The van der Waals surface area contributed by atoms with Gasteiger partial charge in [-0.2, -0.15) is 0 Å². The Kier molecular flexibility index (Phi) is 4.21. The maximum atomic E-state index is 11.8. The van der Waals surface area contributed by atoms with Crippen LogP contribution in [0.3, 0.4) is 0 Å². The first-order valence-electron chi connectivity index (χ1n) is 6.65. The molecule has 0 amide bonds. The summed E-state index contributed by atoms with van der Waals surface area (Å²) in [6.45, 7) is 3.69. The number of aryl methyl sites for hydroxylation is 1. The molecule has 6 heteroatoms. The lowest BCUT2D eigenvalue weighted by molar-refractivity contribution is -0.0332. The first-order valence-corrected chi connectivity index (χ1v) is 6.65. The summed E-state index contributed by atoms with van der Waals surface area (Å²) >= 11 is 0. The molecule has 3 atom stereocenters. The van der Waals surface area contributed by atoms with Crippen molar-refractivity contribution in [3.05, 3.63) is 32.6 Å². The number of H-pyrrole nitrogens is 1. The third-order valence-corrected chi connectivity index (χ3v) is 3.66. The highest BCUT2D eigenvalue weighted by atomic mass is 16.5. The van der Waals surface area contributed by atoms with Gasteiger partial charge in [-0.15, -0.1) is 0 Å². The molecule has 19 heavy (non-hydrogen) atoms. The van der Waals surface area contributed by atoms with Crippen LogP contribution in [0, 0.1) is 12.8 Å². The molecule has 0 radical (unpaired) electrons. The van der Waals surface area contributed by atoms with E-state index in [4.69, 9.17) is 4.74 Å². The van der Waals surface area contributed by atoms with Gasteiger partial charge in [-0.05, 0) is 25.7 Å². The van der Waals surface area contributed by atoms with Crippen molar-refractivity contribution in [1.29, 1.82) is 0 Å². The monoisotopic (exact) mass is 268 g/mol. The molecule has 0 unspecified atom stereocenters. The second kappa shape index (κ2) is 5.71. The zero-order valence-electron chi connectivity index (χ0n) is 11.3. The molecular formula is C13H20N2O4. The first-order chi connectivity index (χ1) is 9.06. The molecule has 1 aromatic heterocycles. The van der Waals surface area contributed by atoms with Gasteiger partial charge in [-0.25, -0.2) is 4.79 Å². The molecule has 0 aliphatic carbocycles. The molecular weight excluding hydrogens is 248 g/mol. The number of aromatic nitrogens is 2. The highest BCUT2D eigenvalue weighted by Crippen LogP contribution is 2.35. The summed E-state index contributed by atoms with van der Waals surface area (Å²) in [5.74, 6) is 0.249. The topological polar surface area (TPSA) is 84.3 Å². The summed E-state index contributed by atoms with van der Waals surface area (Å²) in [5.41, 5.74) is -0.361. The van der Waals surface area contributed by atoms with Crippen LogP contribution >= 0.6 is 0 Å². The predicted octanol–water partition coefficient (Wildman–Crippen LogP) is 0.541. The quantitative estimate of drug-likeness (QED) is 0.834. The van der Waals surface area contributed by atoms with Crippen molar-refractivity contribution in [2.45, 2.75) is 45.4 Å². The molecule has 1 fully saturated rings. The fourth-order valence-corrected chi connectivity index (χ4v) is 2.63. The number of hydrogen-bond acceptors (Lipinski definition) is 4. The standard InChI is InChI=1S/C13H20N2O4/c1-3-4-9-5-11(19-10(9)7-16)15-6-8(2)12(17)14-13(15)18/h6,9-11,16H,3-5,7H2,1-2H3,(H,14,17,18)/t9-,10+,11+/m0/s1. The fraction of sp³-hybridized carbons (Fsp3) is 0.692. The van der Waals surface area contributed by atoms with Crippen LogP contribution in [-0.2, 0) is 4.74 Å². The van der Waals surface area contributed by atoms with Crippen LogP contribution < -0.4 is 11.2 Å². The number of nitrogens with one attached hydrogen (secondary N) is 1. The van der Waals surface area contributed by atoms with Gasteiger partial charge in [0.05, 0.1) is 12.7 Å². The van der Waals surface area contributed by atoms with E-state index in [9.17, 15) is 14.7 Å². The Labute approximate surface area is 111 Å². The SMILES string of the molecule is CCC[C@H]1C[C@H](n2cc(C)c(=O)[nH]c2=O)O[C@@H]1CO. The fourth-order valence-electron chi connectivity index (χ4n) is 2.63. The van der Waals surface area contributed by atoms with Crippen LogP contribution in [0.2, 0.25) is 0 Å². The van der Waals surface area contributed by atoms with Crippen LogP contribution in [0.25, 0.3) is 0 Å². The molecule has 2 N–H and O–H groups in total. The van der Waals surface area contributed by atoms with Crippen molar-refractivity contribution < 1.29 is 9.84 Å². The van der Waals surface area contributed by atoms with Crippen molar-refractivity contribution in [1.82, 2.24) is 9.55 Å². The number of aliphatic hydroxyl groups excluding tert-OH is 1. The Morgan fingerprint density at radius 2 is 2.26 bits per heavy atom. The molecule has 1 aliphatic heterocycles. The van der Waals surface area contributed by atoms with Crippen LogP contribution in [0.4, 0.5) is 0 Å². The molecule has 1 aliphatic rings. The Hall–Kier alpha value is -1.40. The minimum Gasteiger partial charge on any atom is -0.394 e. The molecule has 0 spiro atoms. The van der Waals surface area contributed by atoms with Crippen LogP contribution in [0.15, 0.2) is 15.8 Å². The third-order valence-electron chi connectivity index (χ3n) is 3.66. The van der Waals surface area contributed by atoms with Gasteiger partial charge in [0.25, 0.3) is 5.56 Å². The summed E-state index contributed by atoms with van der Waals surface area (Å²) in [6, 6.07) is 0. The molecule has 2 rings (SSSR count). The van der Waals surface area contributed by atoms with E-state index < -0.39 is 11.9 Å². The molecule has 106 valence electrons. The zero-order chi connectivity index (χ0) is 14.0. The summed E-state index contributed by atoms with van der Waals surface area (Å²) in [5, 5.41) is 9.33. The Morgan fingerprint density at radius 3 is 2.89 bits per heavy atom. The van der Waals surface area contributed by atoms with E-state index in [1.165, 1.54) is 10.8 Å². The number of aromatic amines is 1. The van der Waals surface area contributed by atoms with Crippen LogP contribution in [0.1, 0.15) is 38.0 Å². The summed E-state index contributed by atoms with van der Waals surface area (Å²) in [4.78, 5) is 25.4. The van der Waals surface area contributed by atoms with Crippen LogP contribution in [-0.4, -0.2) is 27.4 Å². The summed E-state index contributed by atoms with van der Waals surface area (Å²) < 4.78 is 7.14. The number of hydrogen-bond donors (Lipinski definition) is 2. The van der Waals surface area contributed by atoms with E-state index in [0.717, 1.165) is 12.8 Å². The lowest BCUT2D eigenvalue weighted by Crippen LogP contribution is -2.33. The van der Waals surface area contributed by atoms with Gasteiger partial charge in [-0.1, -0.05) is 13.3 Å². The summed E-state index contributed by atoms with van der Waals surface area (Å²) in [6.07, 6.45) is 3.54. The third kappa shape index (κ3) is 2.79. The van der Waals surface area contributed by atoms with Gasteiger partial charge in [0.15, 0.2) is 0 Å². The maximum Gasteiger partial charge on any atom is 0.330 e. The molecule has 0 bridgehead atoms. The lowest BCUT2D eigenvalue weighted by Gasteiger charge is -2.15. The molecule has 1 aromatic rings. The van der Waals surface area contributed by atoms with Crippen molar-refractivity contribution in [3.63, 3.8) is 0 Å². The van der Waals surface area contributed by atoms with Gasteiger partial charge in [0.1, 0.15) is 6.23 Å². The average Bonchev–Trinajstić information content (AvgIpc) is 2.77. The van der Waals surface area contributed by atoms with Gasteiger partial charge in [0, 0.05) is 11.8 Å². The Morgan fingerprint density at radius 1 is 1.53 bits per heavy atom. The Balaban J connectivity index is 2.27. The number of nitrogens with zero attached hydrogens (tertiary/aromatic N) is 1. The average molecular weight is 268 g/mol. The van der Waals surface area contributed by atoms with E-state index in [1.807, 2.05) is 0 Å². The minimum absolute atomic E-state index is 0.0434. The highest BCUT2D eigenvalue weighted by Gasteiger charge is 2.35. The van der Waals surface area contributed by atoms with Crippen molar-refractivity contribution in [3.8, 4) is 0 Å². The lowest BCUT2D eigenvalue weighted by atomic mass is 9.96. The van der Waals surface area contributed by atoms with Crippen molar-refractivity contribution >= 4 is 0 Å². The van der Waals surface area contributed by atoms with E-state index >= 15 is 0 Å². The van der Waals surface area contributed by atoms with Gasteiger partial charge >= 0.3 is 5.69 Å². The second-order valence-corrected chi connectivity index (χ2v) is 5.07. The zero-order valence-corrected chi connectivity index (χ0v) is 11.3. The highest BCUT2D eigenvalue weighted by molar-refractivity contribution is 5.01. The molecule has 0 aromatic carbocycles. The van der Waals surface area contributed by atoms with E-state index in [-0.39, 0.29) is 24.2 Å². The minimum atomic E-state index is -0.463. The van der Waals surface area contributed by atoms with E-state index in [0.29, 0.717) is 12.0 Å². The molecule has 6 nitrogen and oxygen atoms in total. The van der Waals surface area contributed by atoms with Crippen molar-refractivity contribution in [2.75, 3.05) is 6.61 Å². The molecule has 0 saturated carbocycles. The maximum absolute atomic E-state index is 11.8. The molecule has 2 heterocycles. The number of ether oxygens (including phenoxy) is 1. The number of rotatable bonds is 4. The van der Waals surface area contributed by atoms with Crippen molar-refractivity contribution in [2.24, 2.45) is 5.92 Å². The molecule has 1 saturated heterocycles. The second-order valence-electron chi connectivity index (χ2n) is 5.07. The van der Waals surface area contributed by atoms with Gasteiger partial charge in [-0.3, -0.25) is 14.3 Å². The summed E-state index contributed by atoms with van der Waals surface area (Å²) in [7, 11) is 0. The van der Waals surface area contributed by atoms with E-state index in [2.05, 4.69) is 11.9 Å². The smallest absolute Gasteiger partial charge is 0.330 e. The first kappa shape index (κ1) is 14.0. The normalized spacial score (nSPS) is 26.8. The van der Waals surface area contributed by atoms with Gasteiger partial charge in [0.2, 0.25) is 0 Å².